The van der Waals surface area contributed by atoms with Crippen LogP contribution in [0, 0.1) is 0 Å². The van der Waals surface area contributed by atoms with E-state index in [9.17, 15) is 0 Å². The summed E-state index contributed by atoms with van der Waals surface area (Å²) < 4.78 is 0. The van der Waals surface area contributed by atoms with Crippen LogP contribution in [0.25, 0.3) is 44.2 Å². The van der Waals surface area contributed by atoms with Gasteiger partial charge in [-0.15, -0.1) is 0 Å². The van der Waals surface area contributed by atoms with E-state index in [0.717, 1.165) is 11.1 Å². The molecule has 1 nitrogen and oxygen atoms in total. The summed E-state index contributed by atoms with van der Waals surface area (Å²) >= 11 is 0. The van der Waals surface area contributed by atoms with Crippen LogP contribution in [0.2, 0.25) is 0 Å². The maximum atomic E-state index is 6.18. The molecule has 0 unspecified atom stereocenters. The van der Waals surface area contributed by atoms with Crippen molar-refractivity contribution in [3.63, 3.8) is 0 Å². The summed E-state index contributed by atoms with van der Waals surface area (Å²) in [5, 5.41) is 2.44. The number of hydrogen-bond acceptors (Lipinski definition) is 1. The lowest BCUT2D eigenvalue weighted by Crippen LogP contribution is -1.86. The second kappa shape index (κ2) is 4.47. The summed E-state index contributed by atoms with van der Waals surface area (Å²) in [6.45, 7) is 0. The number of anilines is 1. The molecule has 0 aromatic heterocycles. The van der Waals surface area contributed by atoms with Crippen LogP contribution in [0.1, 0.15) is 0 Å². The Kier molecular flexibility index (Phi) is 2.42. The van der Waals surface area contributed by atoms with Crippen LogP contribution in [0.4, 0.5) is 5.69 Å². The zero-order chi connectivity index (χ0) is 15.4. The average Bonchev–Trinajstić information content (AvgIpc) is 2.94. The zero-order valence-corrected chi connectivity index (χ0v) is 12.6. The van der Waals surface area contributed by atoms with E-state index in [1.165, 1.54) is 38.8 Å². The van der Waals surface area contributed by atoms with Crippen LogP contribution in [-0.4, -0.2) is 0 Å². The van der Waals surface area contributed by atoms with Crippen molar-refractivity contribution in [3.8, 4) is 33.4 Å². The fraction of sp³-hybridized carbons (Fsp3) is 0. The molecule has 0 spiro atoms. The summed E-state index contributed by atoms with van der Waals surface area (Å²) in [7, 11) is 0. The molecule has 0 atom stereocenters. The highest BCUT2D eigenvalue weighted by Crippen LogP contribution is 2.49. The number of rotatable bonds is 1. The molecule has 5 rings (SSSR count). The lowest BCUT2D eigenvalue weighted by Gasteiger charge is -2.06. The fourth-order valence-corrected chi connectivity index (χ4v) is 3.69. The molecule has 0 radical (unpaired) electrons. The summed E-state index contributed by atoms with van der Waals surface area (Å²) in [6.07, 6.45) is 0. The Labute approximate surface area is 135 Å². The van der Waals surface area contributed by atoms with Gasteiger partial charge in [0.05, 0.1) is 0 Å². The van der Waals surface area contributed by atoms with Gasteiger partial charge in [-0.2, -0.15) is 0 Å². The summed E-state index contributed by atoms with van der Waals surface area (Å²) in [5.74, 6) is 0. The third-order valence-corrected chi connectivity index (χ3v) is 4.78. The van der Waals surface area contributed by atoms with Crippen molar-refractivity contribution < 1.29 is 0 Å². The van der Waals surface area contributed by atoms with Crippen molar-refractivity contribution in [3.05, 3.63) is 78.9 Å². The summed E-state index contributed by atoms with van der Waals surface area (Å²) in [4.78, 5) is 0. The maximum Gasteiger partial charge on any atom is 0.0394 e. The van der Waals surface area contributed by atoms with Crippen LogP contribution in [-0.2, 0) is 0 Å². The third kappa shape index (κ3) is 1.68. The van der Waals surface area contributed by atoms with Gasteiger partial charge in [-0.3, -0.25) is 0 Å². The molecule has 0 fully saturated rings. The minimum atomic E-state index is 0.849. The molecule has 0 aliphatic heterocycles. The molecule has 0 saturated carbocycles. The molecule has 0 heterocycles. The highest BCUT2D eigenvalue weighted by atomic mass is 14.6. The molecular formula is C22H15N. The molecular weight excluding hydrogens is 278 g/mol. The summed E-state index contributed by atoms with van der Waals surface area (Å²) in [6, 6.07) is 27.9. The van der Waals surface area contributed by atoms with E-state index < -0.39 is 0 Å². The first-order valence-electron chi connectivity index (χ1n) is 7.84. The van der Waals surface area contributed by atoms with Gasteiger partial charge in [-0.1, -0.05) is 66.7 Å². The van der Waals surface area contributed by atoms with Crippen molar-refractivity contribution in [2.75, 3.05) is 5.73 Å². The Morgan fingerprint density at radius 2 is 1.30 bits per heavy atom. The SMILES string of the molecule is Nc1ccc2c3c(cccc13)-c1cc(-c3ccccc3)ccc1-2. The van der Waals surface area contributed by atoms with Gasteiger partial charge in [0.2, 0.25) is 0 Å². The molecule has 1 aliphatic carbocycles. The van der Waals surface area contributed by atoms with Crippen molar-refractivity contribution >= 4 is 16.5 Å². The Hall–Kier alpha value is -3.06. The number of benzene rings is 4. The highest BCUT2D eigenvalue weighted by Gasteiger charge is 2.22. The Bertz CT molecular complexity index is 1060. The van der Waals surface area contributed by atoms with Crippen LogP contribution in [0.3, 0.4) is 0 Å². The van der Waals surface area contributed by atoms with Crippen LogP contribution in [0.15, 0.2) is 78.9 Å². The largest absolute Gasteiger partial charge is 0.398 e. The zero-order valence-electron chi connectivity index (χ0n) is 12.6. The second-order valence-corrected chi connectivity index (χ2v) is 6.06. The van der Waals surface area contributed by atoms with E-state index in [-0.39, 0.29) is 0 Å². The lowest BCUT2D eigenvalue weighted by molar-refractivity contribution is 1.62. The van der Waals surface area contributed by atoms with Gasteiger partial charge in [0, 0.05) is 11.1 Å². The Morgan fingerprint density at radius 3 is 2.17 bits per heavy atom. The van der Waals surface area contributed by atoms with Gasteiger partial charge < -0.3 is 5.73 Å². The first kappa shape index (κ1) is 12.5. The first-order chi connectivity index (χ1) is 11.3. The van der Waals surface area contributed by atoms with Crippen LogP contribution in [0.5, 0.6) is 0 Å². The molecule has 0 amide bonds. The standard InChI is InChI=1S/C22H15N/c23-21-12-11-18-16-10-9-15(14-5-2-1-3-6-14)13-20(16)17-7-4-8-19(21)22(17)18/h1-13H,23H2. The van der Waals surface area contributed by atoms with Crippen molar-refractivity contribution in [1.29, 1.82) is 0 Å². The number of fused-ring (bicyclic) bond motifs is 3. The average molecular weight is 293 g/mol. The second-order valence-electron chi connectivity index (χ2n) is 6.06. The molecule has 1 heteroatoms. The molecule has 1 aliphatic rings. The smallest absolute Gasteiger partial charge is 0.0394 e. The molecule has 108 valence electrons. The first-order valence-corrected chi connectivity index (χ1v) is 7.84. The third-order valence-electron chi connectivity index (χ3n) is 4.78. The van der Waals surface area contributed by atoms with E-state index in [0.29, 0.717) is 0 Å². The van der Waals surface area contributed by atoms with E-state index in [1.807, 2.05) is 6.07 Å². The molecule has 23 heavy (non-hydrogen) atoms. The van der Waals surface area contributed by atoms with E-state index in [2.05, 4.69) is 72.8 Å². The molecule has 4 aromatic rings. The molecule has 4 aromatic carbocycles. The van der Waals surface area contributed by atoms with Gasteiger partial charge in [0.25, 0.3) is 0 Å². The van der Waals surface area contributed by atoms with Gasteiger partial charge in [0.15, 0.2) is 0 Å². The number of hydrogen-bond donors (Lipinski definition) is 1. The Balaban J connectivity index is 1.82. The number of nitrogens with two attached hydrogens (primary N) is 1. The van der Waals surface area contributed by atoms with E-state index >= 15 is 0 Å². The maximum absolute atomic E-state index is 6.18. The van der Waals surface area contributed by atoms with Gasteiger partial charge in [-0.05, 0) is 50.9 Å². The predicted molar refractivity (Wildman–Crippen MR) is 98.2 cm³/mol. The summed E-state index contributed by atoms with van der Waals surface area (Å²) in [5.41, 5.74) is 14.7. The van der Waals surface area contributed by atoms with Crippen LogP contribution >= 0.6 is 0 Å². The molecule has 0 bridgehead atoms. The lowest BCUT2D eigenvalue weighted by atomic mass is 9.97. The predicted octanol–water partition coefficient (Wildman–Crippen LogP) is 5.74. The quantitative estimate of drug-likeness (QED) is 0.392. The highest BCUT2D eigenvalue weighted by molar-refractivity contribution is 6.18. The van der Waals surface area contributed by atoms with Crippen LogP contribution < -0.4 is 5.73 Å². The van der Waals surface area contributed by atoms with E-state index in [4.69, 9.17) is 5.73 Å². The van der Waals surface area contributed by atoms with Crippen molar-refractivity contribution in [2.24, 2.45) is 0 Å². The van der Waals surface area contributed by atoms with Gasteiger partial charge in [0.1, 0.15) is 0 Å². The normalized spacial score (nSPS) is 11.7. The molecule has 0 saturated heterocycles. The number of nitrogen functional groups attached to an aromatic ring is 1. The van der Waals surface area contributed by atoms with Gasteiger partial charge >= 0.3 is 0 Å². The van der Waals surface area contributed by atoms with E-state index in [1.54, 1.807) is 0 Å². The minimum absolute atomic E-state index is 0.849. The topological polar surface area (TPSA) is 26.0 Å². The monoisotopic (exact) mass is 293 g/mol. The van der Waals surface area contributed by atoms with Crippen molar-refractivity contribution in [1.82, 2.24) is 0 Å². The fourth-order valence-electron chi connectivity index (χ4n) is 3.69. The Morgan fingerprint density at radius 1 is 0.522 bits per heavy atom. The molecule has 2 N–H and O–H groups in total. The van der Waals surface area contributed by atoms with Crippen molar-refractivity contribution in [2.45, 2.75) is 0 Å². The minimum Gasteiger partial charge on any atom is -0.398 e. The van der Waals surface area contributed by atoms with Gasteiger partial charge in [-0.25, -0.2) is 0 Å².